The summed E-state index contributed by atoms with van der Waals surface area (Å²) in [5.74, 6) is -0.153. The number of hydrogen-bond donors (Lipinski definition) is 1. The summed E-state index contributed by atoms with van der Waals surface area (Å²) in [4.78, 5) is 11.6. The molecule has 1 amide bonds. The molecule has 0 saturated carbocycles. The van der Waals surface area contributed by atoms with Crippen molar-refractivity contribution in [2.45, 2.75) is 20.4 Å². The Kier molecular flexibility index (Phi) is 3.05. The molecule has 1 N–H and O–H groups in total. The molecule has 0 atom stereocenters. The van der Waals surface area contributed by atoms with Gasteiger partial charge < -0.3 is 4.57 Å². The highest BCUT2D eigenvalue weighted by Gasteiger charge is 2.03. The van der Waals surface area contributed by atoms with Gasteiger partial charge in [0, 0.05) is 13.5 Å². The zero-order valence-corrected chi connectivity index (χ0v) is 10.0. The predicted octanol–water partition coefficient (Wildman–Crippen LogP) is 1.67. The second-order valence-corrected chi connectivity index (χ2v) is 4.39. The first-order valence-electron chi connectivity index (χ1n) is 5.11. The lowest BCUT2D eigenvalue weighted by atomic mass is 10.3. The number of aromatic nitrogens is 1. The lowest BCUT2D eigenvalue weighted by molar-refractivity contribution is -0.119. The van der Waals surface area contributed by atoms with Crippen molar-refractivity contribution in [1.29, 1.82) is 0 Å². The minimum atomic E-state index is -0.153. The van der Waals surface area contributed by atoms with E-state index < -0.39 is 0 Å². The number of nitrogens with one attached hydrogen (secondary N) is 1. The Hall–Kier alpha value is -1.62. The van der Waals surface area contributed by atoms with Gasteiger partial charge >= 0.3 is 0 Å². The predicted molar refractivity (Wildman–Crippen MR) is 64.9 cm³/mol. The first-order valence-corrected chi connectivity index (χ1v) is 5.92. The van der Waals surface area contributed by atoms with E-state index >= 15 is 0 Å². The van der Waals surface area contributed by atoms with Crippen LogP contribution >= 0.6 is 11.3 Å². The summed E-state index contributed by atoms with van der Waals surface area (Å²) in [6, 6.07) is 8.12. The van der Waals surface area contributed by atoms with E-state index in [4.69, 9.17) is 0 Å². The Labute approximate surface area is 97.2 Å². The number of fused-ring (bicyclic) bond motifs is 1. The molecule has 1 aromatic carbocycles. The van der Waals surface area contributed by atoms with Gasteiger partial charge in [-0.3, -0.25) is 4.79 Å². The monoisotopic (exact) mass is 235 g/mol. The van der Waals surface area contributed by atoms with E-state index in [2.05, 4.69) is 34.2 Å². The largest absolute Gasteiger partial charge is 0.315 e. The SMILES string of the molecule is CCn1c(=NNC(C)=O)sc2ccccc21. The van der Waals surface area contributed by atoms with Gasteiger partial charge in [0.05, 0.1) is 10.2 Å². The van der Waals surface area contributed by atoms with Crippen LogP contribution in [-0.2, 0) is 11.3 Å². The molecular weight excluding hydrogens is 222 g/mol. The number of para-hydroxylation sites is 1. The molecule has 0 aliphatic rings. The number of carbonyl (C=O) groups excluding carboxylic acids is 1. The van der Waals surface area contributed by atoms with Crippen LogP contribution in [0.1, 0.15) is 13.8 Å². The second kappa shape index (κ2) is 4.49. The van der Waals surface area contributed by atoms with Gasteiger partial charge in [-0.2, -0.15) is 0 Å². The van der Waals surface area contributed by atoms with E-state index in [0.29, 0.717) is 0 Å². The number of benzene rings is 1. The van der Waals surface area contributed by atoms with Crippen molar-refractivity contribution in [2.24, 2.45) is 5.10 Å². The van der Waals surface area contributed by atoms with Crippen molar-refractivity contribution >= 4 is 27.5 Å². The average molecular weight is 235 g/mol. The highest BCUT2D eigenvalue weighted by atomic mass is 32.1. The standard InChI is InChI=1S/C11H13N3OS/c1-3-14-9-6-4-5-7-10(9)16-11(14)13-12-8(2)15/h4-7H,3H2,1-2H3,(H,12,15). The van der Waals surface area contributed by atoms with Crippen molar-refractivity contribution in [3.8, 4) is 0 Å². The van der Waals surface area contributed by atoms with Crippen LogP contribution in [0, 0.1) is 0 Å². The number of rotatable bonds is 2. The molecule has 0 bridgehead atoms. The van der Waals surface area contributed by atoms with E-state index in [1.165, 1.54) is 11.6 Å². The molecule has 0 spiro atoms. The molecule has 1 aromatic heterocycles. The smallest absolute Gasteiger partial charge is 0.237 e. The van der Waals surface area contributed by atoms with Crippen LogP contribution in [0.2, 0.25) is 0 Å². The van der Waals surface area contributed by atoms with Crippen molar-refractivity contribution < 1.29 is 4.79 Å². The van der Waals surface area contributed by atoms with Crippen LogP contribution in [0.3, 0.4) is 0 Å². The van der Waals surface area contributed by atoms with Crippen LogP contribution in [0.5, 0.6) is 0 Å². The second-order valence-electron chi connectivity index (χ2n) is 3.38. The van der Waals surface area contributed by atoms with Crippen LogP contribution < -0.4 is 10.2 Å². The average Bonchev–Trinajstić information content (AvgIpc) is 2.63. The number of carbonyl (C=O) groups is 1. The van der Waals surface area contributed by atoms with Crippen molar-refractivity contribution in [1.82, 2.24) is 9.99 Å². The first kappa shape index (κ1) is 10.9. The van der Waals surface area contributed by atoms with Gasteiger partial charge in [0.2, 0.25) is 10.7 Å². The van der Waals surface area contributed by atoms with Crippen molar-refractivity contribution in [2.75, 3.05) is 0 Å². The highest BCUT2D eigenvalue weighted by molar-refractivity contribution is 7.16. The molecule has 2 aromatic rings. The maximum Gasteiger partial charge on any atom is 0.237 e. The number of aryl methyl sites for hydroxylation is 1. The fourth-order valence-electron chi connectivity index (χ4n) is 1.54. The summed E-state index contributed by atoms with van der Waals surface area (Å²) in [5.41, 5.74) is 3.63. The summed E-state index contributed by atoms with van der Waals surface area (Å²) in [5, 5.41) is 4.10. The molecule has 0 aliphatic carbocycles. The highest BCUT2D eigenvalue weighted by Crippen LogP contribution is 2.15. The first-order chi connectivity index (χ1) is 7.72. The lowest BCUT2D eigenvalue weighted by Crippen LogP contribution is -2.21. The van der Waals surface area contributed by atoms with Gasteiger partial charge in [0.1, 0.15) is 0 Å². The number of amides is 1. The van der Waals surface area contributed by atoms with E-state index in [1.54, 1.807) is 11.3 Å². The van der Waals surface area contributed by atoms with Crippen LogP contribution in [-0.4, -0.2) is 10.5 Å². The molecule has 16 heavy (non-hydrogen) atoms. The van der Waals surface area contributed by atoms with Crippen LogP contribution in [0.15, 0.2) is 29.4 Å². The van der Waals surface area contributed by atoms with Gasteiger partial charge in [-0.15, -0.1) is 5.10 Å². The third-order valence-electron chi connectivity index (χ3n) is 2.21. The Morgan fingerprint density at radius 3 is 2.94 bits per heavy atom. The van der Waals surface area contributed by atoms with E-state index in [1.807, 2.05) is 12.1 Å². The molecule has 5 heteroatoms. The minimum absolute atomic E-state index is 0.153. The maximum absolute atomic E-state index is 10.8. The van der Waals surface area contributed by atoms with Gasteiger partial charge in [-0.05, 0) is 19.1 Å². The molecule has 0 aliphatic heterocycles. The normalized spacial score (nSPS) is 12.0. The summed E-state index contributed by atoms with van der Waals surface area (Å²) in [6.45, 7) is 4.35. The summed E-state index contributed by atoms with van der Waals surface area (Å²) in [6.07, 6.45) is 0. The third-order valence-corrected chi connectivity index (χ3v) is 3.27. The fraction of sp³-hybridized carbons (Fsp3) is 0.273. The minimum Gasteiger partial charge on any atom is -0.315 e. The Balaban J connectivity index is 2.60. The summed E-state index contributed by atoms with van der Waals surface area (Å²) in [7, 11) is 0. The maximum atomic E-state index is 10.8. The molecule has 0 unspecified atom stereocenters. The van der Waals surface area contributed by atoms with Gasteiger partial charge in [0.15, 0.2) is 0 Å². The molecule has 4 nitrogen and oxygen atoms in total. The molecular formula is C11H13N3OS. The third kappa shape index (κ3) is 1.99. The van der Waals surface area contributed by atoms with Crippen LogP contribution in [0.4, 0.5) is 0 Å². The fourth-order valence-corrected chi connectivity index (χ4v) is 2.59. The number of hydrogen-bond acceptors (Lipinski definition) is 3. The molecule has 0 fully saturated rings. The number of thiazole rings is 1. The van der Waals surface area contributed by atoms with E-state index in [-0.39, 0.29) is 5.91 Å². The Morgan fingerprint density at radius 1 is 1.50 bits per heavy atom. The Morgan fingerprint density at radius 2 is 2.25 bits per heavy atom. The Bertz CT molecular complexity index is 582. The summed E-state index contributed by atoms with van der Waals surface area (Å²) >= 11 is 1.57. The molecule has 0 saturated heterocycles. The van der Waals surface area contributed by atoms with Gasteiger partial charge in [-0.25, -0.2) is 5.43 Å². The summed E-state index contributed by atoms with van der Waals surface area (Å²) < 4.78 is 3.25. The molecule has 1 heterocycles. The van der Waals surface area contributed by atoms with Crippen LogP contribution in [0.25, 0.3) is 10.2 Å². The molecule has 2 rings (SSSR count). The zero-order chi connectivity index (χ0) is 11.5. The zero-order valence-electron chi connectivity index (χ0n) is 9.23. The molecule has 84 valence electrons. The number of nitrogens with zero attached hydrogens (tertiary/aromatic N) is 2. The van der Waals surface area contributed by atoms with Gasteiger partial charge in [-0.1, -0.05) is 23.5 Å². The molecule has 0 radical (unpaired) electrons. The lowest BCUT2D eigenvalue weighted by Gasteiger charge is -1.99. The van der Waals surface area contributed by atoms with Crippen molar-refractivity contribution in [3.63, 3.8) is 0 Å². The van der Waals surface area contributed by atoms with E-state index in [9.17, 15) is 4.79 Å². The topological polar surface area (TPSA) is 46.4 Å². The van der Waals surface area contributed by atoms with E-state index in [0.717, 1.165) is 16.9 Å². The van der Waals surface area contributed by atoms with Crippen molar-refractivity contribution in [3.05, 3.63) is 29.1 Å². The quantitative estimate of drug-likeness (QED) is 0.791. The van der Waals surface area contributed by atoms with Gasteiger partial charge in [0.25, 0.3) is 0 Å².